The molecule has 5 heavy (non-hydrogen) atoms. The Hall–Kier alpha value is 0.147. The number of alkyl halides is 1. The van der Waals surface area contributed by atoms with E-state index in [-0.39, 0.29) is 0 Å². The minimum atomic E-state index is -0.477. The van der Waals surface area contributed by atoms with E-state index >= 15 is 0 Å². The van der Waals surface area contributed by atoms with Crippen molar-refractivity contribution in [2.24, 2.45) is 0 Å². The molecule has 0 spiro atoms. The van der Waals surface area contributed by atoms with Crippen molar-refractivity contribution < 1.29 is 4.39 Å². The standard InChI is InChI=1S/C3H9FSi/c1-2-3(4)5/h3H,2H2,1,5H3. The van der Waals surface area contributed by atoms with Crippen LogP contribution in [0.4, 0.5) is 4.39 Å². The number of halogens is 1. The fraction of sp³-hybridized carbons (Fsp3) is 1.00. The largest absolute Gasteiger partial charge is 0.253 e. The maximum atomic E-state index is 11.5. The van der Waals surface area contributed by atoms with Gasteiger partial charge in [0.15, 0.2) is 0 Å². The number of hydrogen-bond donors (Lipinski definition) is 0. The van der Waals surface area contributed by atoms with E-state index in [0.29, 0.717) is 16.7 Å². The van der Waals surface area contributed by atoms with Crippen LogP contribution in [0.5, 0.6) is 0 Å². The molecule has 0 aromatic carbocycles. The molecule has 1 unspecified atom stereocenters. The van der Waals surface area contributed by atoms with Crippen molar-refractivity contribution in [1.82, 2.24) is 0 Å². The van der Waals surface area contributed by atoms with Crippen LogP contribution in [0, 0.1) is 0 Å². The Morgan fingerprint density at radius 2 is 2.20 bits per heavy atom. The van der Waals surface area contributed by atoms with Crippen molar-refractivity contribution in [3.05, 3.63) is 0 Å². The Morgan fingerprint density at radius 1 is 2.00 bits per heavy atom. The summed E-state index contributed by atoms with van der Waals surface area (Å²) in [6.07, 6.45) is 0.701. The molecule has 0 aliphatic rings. The van der Waals surface area contributed by atoms with E-state index in [1.165, 1.54) is 0 Å². The zero-order valence-electron chi connectivity index (χ0n) is 3.66. The average Bonchev–Trinajstić information content (AvgIpc) is 1.38. The molecule has 0 aromatic heterocycles. The molecule has 0 amide bonds. The van der Waals surface area contributed by atoms with Crippen LogP contribution in [0.3, 0.4) is 0 Å². The second kappa shape index (κ2) is 2.39. The van der Waals surface area contributed by atoms with Crippen molar-refractivity contribution in [2.75, 3.05) is 0 Å². The highest BCUT2D eigenvalue weighted by molar-refractivity contribution is 6.10. The second-order valence-electron chi connectivity index (χ2n) is 1.19. The second-order valence-corrected chi connectivity index (χ2v) is 2.44. The summed E-state index contributed by atoms with van der Waals surface area (Å²) in [5.41, 5.74) is 0. The van der Waals surface area contributed by atoms with Crippen LogP contribution in [-0.2, 0) is 0 Å². The van der Waals surface area contributed by atoms with E-state index in [1.54, 1.807) is 0 Å². The van der Waals surface area contributed by atoms with E-state index in [4.69, 9.17) is 0 Å². The zero-order chi connectivity index (χ0) is 4.28. The fourth-order valence-electron chi connectivity index (χ4n) is 0. The molecule has 0 aliphatic carbocycles. The van der Waals surface area contributed by atoms with Gasteiger partial charge in [-0.05, 0) is 6.42 Å². The molecular formula is C3H9FSi. The molecule has 0 rings (SSSR count). The summed E-state index contributed by atoms with van der Waals surface area (Å²) in [5.74, 6) is -0.477. The molecule has 0 N–H and O–H groups in total. The Bertz CT molecular complexity index is 20.9. The van der Waals surface area contributed by atoms with Crippen molar-refractivity contribution in [1.29, 1.82) is 0 Å². The Morgan fingerprint density at radius 3 is 2.20 bits per heavy atom. The van der Waals surface area contributed by atoms with Gasteiger partial charge < -0.3 is 0 Å². The zero-order valence-corrected chi connectivity index (χ0v) is 5.66. The van der Waals surface area contributed by atoms with Gasteiger partial charge in [0.2, 0.25) is 0 Å². The monoisotopic (exact) mass is 92.0 g/mol. The van der Waals surface area contributed by atoms with Gasteiger partial charge in [-0.1, -0.05) is 6.92 Å². The molecule has 0 aliphatic heterocycles. The predicted octanol–water partition coefficient (Wildman–Crippen LogP) is 0.0574. The first-order valence-electron chi connectivity index (χ1n) is 1.91. The molecule has 0 radical (unpaired) electrons. The lowest BCUT2D eigenvalue weighted by molar-refractivity contribution is 0.433. The maximum Gasteiger partial charge on any atom is 0.0795 e. The van der Waals surface area contributed by atoms with Crippen molar-refractivity contribution >= 4 is 10.2 Å². The summed E-state index contributed by atoms with van der Waals surface area (Å²) in [6.45, 7) is 1.86. The van der Waals surface area contributed by atoms with Gasteiger partial charge in [0.25, 0.3) is 0 Å². The lowest BCUT2D eigenvalue weighted by atomic mass is 10.5. The minimum absolute atomic E-state index is 0.477. The predicted molar refractivity (Wildman–Crippen MR) is 25.1 cm³/mol. The van der Waals surface area contributed by atoms with Crippen LogP contribution in [0.15, 0.2) is 0 Å². The van der Waals surface area contributed by atoms with Gasteiger partial charge in [-0.15, -0.1) is 0 Å². The first-order valence-corrected chi connectivity index (χ1v) is 3.07. The van der Waals surface area contributed by atoms with Crippen LogP contribution in [0.25, 0.3) is 0 Å². The summed E-state index contributed by atoms with van der Waals surface area (Å²) in [5, 5.41) is 0. The van der Waals surface area contributed by atoms with E-state index in [9.17, 15) is 4.39 Å². The first-order chi connectivity index (χ1) is 2.27. The highest BCUT2D eigenvalue weighted by atomic mass is 28.1. The van der Waals surface area contributed by atoms with Crippen LogP contribution < -0.4 is 0 Å². The van der Waals surface area contributed by atoms with Crippen LogP contribution >= 0.6 is 0 Å². The maximum absolute atomic E-state index is 11.5. The third kappa shape index (κ3) is 4.15. The van der Waals surface area contributed by atoms with Gasteiger partial charge in [0.05, 0.1) is 5.79 Å². The van der Waals surface area contributed by atoms with E-state index < -0.39 is 5.79 Å². The average molecular weight is 92.2 g/mol. The molecule has 0 saturated carbocycles. The molecule has 0 aromatic rings. The van der Waals surface area contributed by atoms with Gasteiger partial charge in [0, 0.05) is 10.2 Å². The van der Waals surface area contributed by atoms with Gasteiger partial charge in [-0.2, -0.15) is 0 Å². The number of hydrogen-bond acceptors (Lipinski definition) is 0. The molecule has 0 nitrogen and oxygen atoms in total. The van der Waals surface area contributed by atoms with Gasteiger partial charge >= 0.3 is 0 Å². The Kier molecular flexibility index (Phi) is 2.46. The summed E-state index contributed by atoms with van der Waals surface area (Å²) in [6, 6.07) is 0. The molecule has 0 heterocycles. The van der Waals surface area contributed by atoms with Gasteiger partial charge in [-0.25, -0.2) is 0 Å². The molecule has 0 fully saturated rings. The molecular weight excluding hydrogens is 83.1 g/mol. The third-order valence-corrected chi connectivity index (χ3v) is 1.38. The van der Waals surface area contributed by atoms with E-state index in [1.807, 2.05) is 6.92 Å². The van der Waals surface area contributed by atoms with E-state index in [0.717, 1.165) is 0 Å². The summed E-state index contributed by atoms with van der Waals surface area (Å²) in [4.78, 5) is 0. The van der Waals surface area contributed by atoms with Crippen molar-refractivity contribution in [3.63, 3.8) is 0 Å². The summed E-state index contributed by atoms with van der Waals surface area (Å²) in [7, 11) is 0.703. The topological polar surface area (TPSA) is 0 Å². The first kappa shape index (κ1) is 5.15. The molecule has 32 valence electrons. The lowest BCUT2D eigenvalue weighted by Crippen LogP contribution is -1.92. The smallest absolute Gasteiger partial charge is 0.0795 e. The highest BCUT2D eigenvalue weighted by Gasteiger charge is 1.85. The SMILES string of the molecule is CCC(F)[SiH3]. The quantitative estimate of drug-likeness (QED) is 0.401. The van der Waals surface area contributed by atoms with Crippen molar-refractivity contribution in [2.45, 2.75) is 19.1 Å². The Balaban J connectivity index is 2.54. The highest BCUT2D eigenvalue weighted by Crippen LogP contribution is 1.85. The van der Waals surface area contributed by atoms with Crippen LogP contribution in [0.1, 0.15) is 13.3 Å². The minimum Gasteiger partial charge on any atom is -0.253 e. The van der Waals surface area contributed by atoms with Crippen LogP contribution in [-0.4, -0.2) is 16.0 Å². The molecule has 0 saturated heterocycles. The van der Waals surface area contributed by atoms with Crippen LogP contribution in [0.2, 0.25) is 0 Å². The molecule has 0 bridgehead atoms. The van der Waals surface area contributed by atoms with E-state index in [2.05, 4.69) is 0 Å². The van der Waals surface area contributed by atoms with Gasteiger partial charge in [-0.3, -0.25) is 4.39 Å². The summed E-state index contributed by atoms with van der Waals surface area (Å²) < 4.78 is 11.5. The normalized spacial score (nSPS) is 15.6. The molecule has 2 heteroatoms. The molecule has 1 atom stereocenters. The number of rotatable bonds is 1. The Labute approximate surface area is 34.8 Å². The van der Waals surface area contributed by atoms with Crippen molar-refractivity contribution in [3.8, 4) is 0 Å². The fourth-order valence-corrected chi connectivity index (χ4v) is 0. The third-order valence-electron chi connectivity index (χ3n) is 0.563. The summed E-state index contributed by atoms with van der Waals surface area (Å²) >= 11 is 0. The lowest BCUT2D eigenvalue weighted by Gasteiger charge is -1.86. The van der Waals surface area contributed by atoms with Gasteiger partial charge in [0.1, 0.15) is 0 Å².